The fourth-order valence-electron chi connectivity index (χ4n) is 3.37. The number of rotatable bonds is 2. The third-order valence-electron chi connectivity index (χ3n) is 5.13. The average molecular weight is 259 g/mol. The lowest BCUT2D eigenvalue weighted by atomic mass is 10.0. The van der Waals surface area contributed by atoms with Crippen LogP contribution in [0.3, 0.4) is 0 Å². The second-order valence-corrected chi connectivity index (χ2v) is 6.65. The van der Waals surface area contributed by atoms with Crippen LogP contribution in [0.2, 0.25) is 0 Å². The van der Waals surface area contributed by atoms with Crippen LogP contribution in [0.5, 0.6) is 0 Å². The molecular weight excluding hydrogens is 238 g/mol. The number of nitrogens with zero attached hydrogens (tertiary/aromatic N) is 2. The molecule has 3 rings (SSSR count). The Balaban J connectivity index is 2.24. The lowest BCUT2D eigenvalue weighted by Gasteiger charge is -2.10. The molecule has 0 unspecified atom stereocenters. The summed E-state index contributed by atoms with van der Waals surface area (Å²) in [5, 5.41) is 9.59. The maximum absolute atomic E-state index is 9.59. The summed E-state index contributed by atoms with van der Waals surface area (Å²) in [5.74, 6) is 0.726. The molecule has 1 aliphatic carbocycles. The van der Waals surface area contributed by atoms with Crippen LogP contribution in [0.4, 0.5) is 5.69 Å². The molecule has 1 aromatic carbocycles. The smallest absolute Gasteiger partial charge is 0.136 e. The lowest BCUT2D eigenvalue weighted by Crippen LogP contribution is -2.06. The predicted molar refractivity (Wildman–Crippen MR) is 76.7 cm³/mol. The molecule has 4 nitrogen and oxygen atoms in total. The second-order valence-electron chi connectivity index (χ2n) is 6.65. The molecule has 0 saturated heterocycles. The second kappa shape index (κ2) is 3.51. The van der Waals surface area contributed by atoms with Crippen molar-refractivity contribution < 1.29 is 5.11 Å². The van der Waals surface area contributed by atoms with Crippen molar-refractivity contribution in [1.29, 1.82) is 0 Å². The van der Waals surface area contributed by atoms with E-state index in [2.05, 4.69) is 37.2 Å². The van der Waals surface area contributed by atoms with Gasteiger partial charge in [0.2, 0.25) is 0 Å². The zero-order valence-corrected chi connectivity index (χ0v) is 11.9. The first-order valence-corrected chi connectivity index (χ1v) is 6.68. The van der Waals surface area contributed by atoms with Crippen molar-refractivity contribution in [3.8, 4) is 0 Å². The van der Waals surface area contributed by atoms with E-state index in [9.17, 15) is 5.11 Å². The van der Waals surface area contributed by atoms with Crippen molar-refractivity contribution in [2.75, 3.05) is 5.73 Å². The highest BCUT2D eigenvalue weighted by Crippen LogP contribution is 2.72. The molecule has 1 saturated carbocycles. The van der Waals surface area contributed by atoms with Gasteiger partial charge < -0.3 is 15.4 Å². The van der Waals surface area contributed by atoms with Crippen molar-refractivity contribution in [3.05, 3.63) is 24.0 Å². The van der Waals surface area contributed by atoms with Gasteiger partial charge in [-0.05, 0) is 29.0 Å². The van der Waals surface area contributed by atoms with Crippen LogP contribution < -0.4 is 5.73 Å². The van der Waals surface area contributed by atoms with Crippen LogP contribution in [-0.2, 0) is 6.61 Å². The van der Waals surface area contributed by atoms with E-state index in [4.69, 9.17) is 5.73 Å². The Kier molecular flexibility index (Phi) is 2.31. The molecule has 1 aliphatic rings. The van der Waals surface area contributed by atoms with Gasteiger partial charge in [-0.2, -0.15) is 0 Å². The molecule has 0 amide bonds. The Hall–Kier alpha value is -1.55. The van der Waals surface area contributed by atoms with Gasteiger partial charge >= 0.3 is 0 Å². The van der Waals surface area contributed by atoms with Crippen LogP contribution in [0.25, 0.3) is 11.0 Å². The van der Waals surface area contributed by atoms with Gasteiger partial charge in [0.25, 0.3) is 0 Å². The van der Waals surface area contributed by atoms with Gasteiger partial charge in [-0.3, -0.25) is 0 Å². The third kappa shape index (κ3) is 1.46. The van der Waals surface area contributed by atoms with Gasteiger partial charge in [0.1, 0.15) is 12.4 Å². The number of hydrogen-bond acceptors (Lipinski definition) is 3. The zero-order valence-electron chi connectivity index (χ0n) is 11.9. The molecule has 2 aromatic rings. The maximum Gasteiger partial charge on any atom is 0.136 e. The van der Waals surface area contributed by atoms with Crippen LogP contribution in [0.15, 0.2) is 18.2 Å². The number of benzene rings is 1. The van der Waals surface area contributed by atoms with E-state index < -0.39 is 0 Å². The van der Waals surface area contributed by atoms with E-state index in [1.54, 1.807) is 0 Å². The van der Waals surface area contributed by atoms with Crippen molar-refractivity contribution in [1.82, 2.24) is 9.55 Å². The first-order valence-electron chi connectivity index (χ1n) is 6.68. The standard InChI is InChI=1S/C15H21N3O/c1-14(2)13(15(14,3)4)18-11-6-5-9(16)7-10(11)17-12(18)8-19/h5-7,13,19H,8,16H2,1-4H3. The molecule has 0 radical (unpaired) electrons. The van der Waals surface area contributed by atoms with E-state index in [1.165, 1.54) is 0 Å². The van der Waals surface area contributed by atoms with E-state index in [-0.39, 0.29) is 17.4 Å². The van der Waals surface area contributed by atoms with E-state index >= 15 is 0 Å². The van der Waals surface area contributed by atoms with Crippen LogP contribution >= 0.6 is 0 Å². The molecule has 4 heteroatoms. The van der Waals surface area contributed by atoms with Gasteiger partial charge in [0.05, 0.1) is 11.0 Å². The predicted octanol–water partition coefficient (Wildman–Crippen LogP) is 2.72. The Morgan fingerprint density at radius 3 is 2.42 bits per heavy atom. The summed E-state index contributed by atoms with van der Waals surface area (Å²) < 4.78 is 2.19. The minimum atomic E-state index is -0.0444. The monoisotopic (exact) mass is 259 g/mol. The van der Waals surface area contributed by atoms with Crippen LogP contribution in [0, 0.1) is 10.8 Å². The minimum absolute atomic E-state index is 0.0444. The molecule has 102 valence electrons. The summed E-state index contributed by atoms with van der Waals surface area (Å²) in [4.78, 5) is 4.52. The molecule has 19 heavy (non-hydrogen) atoms. The minimum Gasteiger partial charge on any atom is -0.399 e. The first kappa shape index (κ1) is 12.5. The number of anilines is 1. The van der Waals surface area contributed by atoms with Gasteiger partial charge in [0.15, 0.2) is 0 Å². The lowest BCUT2D eigenvalue weighted by molar-refractivity contribution is 0.263. The van der Waals surface area contributed by atoms with Gasteiger partial charge in [-0.25, -0.2) is 4.98 Å². The SMILES string of the molecule is CC1(C)C(n2c(CO)nc3cc(N)ccc32)C1(C)C. The largest absolute Gasteiger partial charge is 0.399 e. The number of nitrogens with two attached hydrogens (primary N) is 1. The Morgan fingerprint density at radius 1 is 1.26 bits per heavy atom. The summed E-state index contributed by atoms with van der Waals surface area (Å²) in [6, 6.07) is 6.12. The Bertz CT molecular complexity index is 641. The van der Waals surface area contributed by atoms with E-state index in [0.717, 1.165) is 16.9 Å². The van der Waals surface area contributed by atoms with E-state index in [1.807, 2.05) is 18.2 Å². The van der Waals surface area contributed by atoms with Crippen LogP contribution in [0.1, 0.15) is 39.6 Å². The number of aliphatic hydroxyl groups is 1. The maximum atomic E-state index is 9.59. The topological polar surface area (TPSA) is 64.1 Å². The fourth-order valence-corrected chi connectivity index (χ4v) is 3.37. The molecule has 0 bridgehead atoms. The van der Waals surface area contributed by atoms with E-state index in [0.29, 0.717) is 11.7 Å². The zero-order chi connectivity index (χ0) is 14.0. The molecule has 0 spiro atoms. The number of fused-ring (bicyclic) bond motifs is 1. The third-order valence-corrected chi connectivity index (χ3v) is 5.13. The normalized spacial score (nSPS) is 20.9. The first-order chi connectivity index (χ1) is 8.80. The number of nitrogen functional groups attached to an aromatic ring is 1. The average Bonchev–Trinajstić information content (AvgIpc) is 2.63. The summed E-state index contributed by atoms with van der Waals surface area (Å²) in [6.45, 7) is 9.02. The Labute approximate surface area is 113 Å². The van der Waals surface area contributed by atoms with Crippen molar-refractivity contribution in [3.63, 3.8) is 0 Å². The number of aromatic nitrogens is 2. The fraction of sp³-hybridized carbons (Fsp3) is 0.533. The summed E-state index contributed by atoms with van der Waals surface area (Å²) >= 11 is 0. The van der Waals surface area contributed by atoms with Gasteiger partial charge in [-0.15, -0.1) is 0 Å². The summed E-state index contributed by atoms with van der Waals surface area (Å²) in [7, 11) is 0. The summed E-state index contributed by atoms with van der Waals surface area (Å²) in [5.41, 5.74) is 8.84. The molecular formula is C15H21N3O. The highest BCUT2D eigenvalue weighted by atomic mass is 16.3. The van der Waals surface area contributed by atoms with Crippen molar-refractivity contribution in [2.45, 2.75) is 40.3 Å². The summed E-state index contributed by atoms with van der Waals surface area (Å²) in [6.07, 6.45) is 0. The quantitative estimate of drug-likeness (QED) is 0.815. The molecule has 1 aromatic heterocycles. The molecule has 3 N–H and O–H groups in total. The highest BCUT2D eigenvalue weighted by Gasteiger charge is 2.66. The molecule has 0 aliphatic heterocycles. The van der Waals surface area contributed by atoms with Gasteiger partial charge in [0, 0.05) is 11.7 Å². The Morgan fingerprint density at radius 2 is 1.89 bits per heavy atom. The number of imidazole rings is 1. The number of aliphatic hydroxyl groups excluding tert-OH is 1. The van der Waals surface area contributed by atoms with Crippen LogP contribution in [-0.4, -0.2) is 14.7 Å². The molecule has 1 fully saturated rings. The highest BCUT2D eigenvalue weighted by molar-refractivity contribution is 5.80. The van der Waals surface area contributed by atoms with Gasteiger partial charge in [-0.1, -0.05) is 27.7 Å². The molecule has 0 atom stereocenters. The molecule has 1 heterocycles. The number of hydrogen-bond donors (Lipinski definition) is 2. The van der Waals surface area contributed by atoms with Crippen molar-refractivity contribution >= 4 is 16.7 Å². The van der Waals surface area contributed by atoms with Crippen molar-refractivity contribution in [2.24, 2.45) is 10.8 Å².